The zero-order chi connectivity index (χ0) is 21.0. The molecule has 2 amide bonds. The SMILES string of the molecule is CCOc1cc(/C=C2/SC(=O)N(c3ccccc3F)C2=O)ccc1OCC(=O)O. The van der Waals surface area contributed by atoms with Crippen LogP contribution in [0.4, 0.5) is 14.9 Å². The molecule has 7 nitrogen and oxygen atoms in total. The van der Waals surface area contributed by atoms with Crippen molar-refractivity contribution in [1.29, 1.82) is 0 Å². The smallest absolute Gasteiger partial charge is 0.341 e. The number of halogens is 1. The van der Waals surface area contributed by atoms with Crippen molar-refractivity contribution < 1.29 is 33.4 Å². The number of hydrogen-bond acceptors (Lipinski definition) is 6. The van der Waals surface area contributed by atoms with Gasteiger partial charge in [0.15, 0.2) is 18.1 Å². The Morgan fingerprint density at radius 1 is 1.17 bits per heavy atom. The first-order valence-electron chi connectivity index (χ1n) is 8.54. The summed E-state index contributed by atoms with van der Waals surface area (Å²) in [5, 5.41) is 8.15. The third-order valence-electron chi connectivity index (χ3n) is 3.80. The highest BCUT2D eigenvalue weighted by Crippen LogP contribution is 2.37. The van der Waals surface area contributed by atoms with Gasteiger partial charge in [0.05, 0.1) is 17.2 Å². The van der Waals surface area contributed by atoms with Gasteiger partial charge >= 0.3 is 5.97 Å². The number of ether oxygens (including phenoxy) is 2. The molecule has 2 aromatic rings. The van der Waals surface area contributed by atoms with Gasteiger partial charge in [-0.3, -0.25) is 9.59 Å². The first-order chi connectivity index (χ1) is 13.9. The summed E-state index contributed by atoms with van der Waals surface area (Å²) in [6.45, 7) is 1.55. The van der Waals surface area contributed by atoms with E-state index in [1.807, 2.05) is 0 Å². The predicted octanol–water partition coefficient (Wildman–Crippen LogP) is 3.93. The minimum Gasteiger partial charge on any atom is -0.490 e. The molecule has 0 bridgehead atoms. The quantitative estimate of drug-likeness (QED) is 0.682. The van der Waals surface area contributed by atoms with Crippen LogP contribution in [-0.4, -0.2) is 35.4 Å². The van der Waals surface area contributed by atoms with Gasteiger partial charge in [0, 0.05) is 0 Å². The van der Waals surface area contributed by atoms with Crippen molar-refractivity contribution in [1.82, 2.24) is 0 Å². The van der Waals surface area contributed by atoms with E-state index in [-0.39, 0.29) is 16.3 Å². The Kier molecular flexibility index (Phi) is 6.18. The number of aliphatic carboxylic acids is 1. The number of para-hydroxylation sites is 1. The van der Waals surface area contributed by atoms with Crippen molar-refractivity contribution in [2.45, 2.75) is 6.92 Å². The normalized spacial score (nSPS) is 15.1. The van der Waals surface area contributed by atoms with Crippen molar-refractivity contribution in [3.8, 4) is 11.5 Å². The van der Waals surface area contributed by atoms with E-state index < -0.39 is 29.5 Å². The van der Waals surface area contributed by atoms with Crippen LogP contribution in [0.25, 0.3) is 6.08 Å². The maximum atomic E-state index is 14.0. The summed E-state index contributed by atoms with van der Waals surface area (Å²) in [6, 6.07) is 10.2. The molecule has 1 heterocycles. The van der Waals surface area contributed by atoms with E-state index in [0.717, 1.165) is 4.90 Å². The molecule has 1 N–H and O–H groups in total. The second-order valence-corrected chi connectivity index (χ2v) is 6.78. The van der Waals surface area contributed by atoms with Crippen molar-refractivity contribution in [2.24, 2.45) is 0 Å². The average Bonchev–Trinajstić information content (AvgIpc) is 2.95. The molecule has 1 aliphatic heterocycles. The summed E-state index contributed by atoms with van der Waals surface area (Å²) in [6.07, 6.45) is 1.48. The number of carbonyl (C=O) groups is 3. The Bertz CT molecular complexity index is 1010. The summed E-state index contributed by atoms with van der Waals surface area (Å²) in [7, 11) is 0. The molecule has 9 heteroatoms. The Morgan fingerprint density at radius 2 is 1.93 bits per heavy atom. The van der Waals surface area contributed by atoms with Crippen molar-refractivity contribution in [3.63, 3.8) is 0 Å². The van der Waals surface area contributed by atoms with Crippen LogP contribution in [0.3, 0.4) is 0 Å². The largest absolute Gasteiger partial charge is 0.490 e. The summed E-state index contributed by atoms with van der Waals surface area (Å²) in [5.41, 5.74) is 0.431. The number of benzene rings is 2. The maximum absolute atomic E-state index is 14.0. The van der Waals surface area contributed by atoms with E-state index in [1.54, 1.807) is 19.1 Å². The monoisotopic (exact) mass is 417 g/mol. The molecule has 29 heavy (non-hydrogen) atoms. The molecule has 0 atom stereocenters. The molecule has 1 saturated heterocycles. The van der Waals surface area contributed by atoms with E-state index in [0.29, 0.717) is 29.7 Å². The van der Waals surface area contributed by atoms with E-state index in [1.165, 1.54) is 36.4 Å². The highest BCUT2D eigenvalue weighted by Gasteiger charge is 2.37. The summed E-state index contributed by atoms with van der Waals surface area (Å²) >= 11 is 0.700. The van der Waals surface area contributed by atoms with Crippen LogP contribution >= 0.6 is 11.8 Å². The highest BCUT2D eigenvalue weighted by molar-refractivity contribution is 8.19. The summed E-state index contributed by atoms with van der Waals surface area (Å²) < 4.78 is 24.7. The molecule has 3 rings (SSSR count). The van der Waals surface area contributed by atoms with E-state index in [2.05, 4.69) is 0 Å². The van der Waals surface area contributed by atoms with Gasteiger partial charge in [0.2, 0.25) is 0 Å². The fourth-order valence-corrected chi connectivity index (χ4v) is 3.44. The number of imide groups is 1. The van der Waals surface area contributed by atoms with Gasteiger partial charge in [-0.15, -0.1) is 0 Å². The first-order valence-corrected chi connectivity index (χ1v) is 9.36. The molecule has 1 aliphatic rings. The van der Waals surface area contributed by atoms with Gasteiger partial charge < -0.3 is 14.6 Å². The minimum absolute atomic E-state index is 0.106. The number of thioether (sulfide) groups is 1. The Balaban J connectivity index is 1.89. The lowest BCUT2D eigenvalue weighted by atomic mass is 10.1. The molecule has 0 saturated carbocycles. The number of hydrogen-bond donors (Lipinski definition) is 1. The van der Waals surface area contributed by atoms with Crippen LogP contribution in [0.5, 0.6) is 11.5 Å². The molecule has 0 aromatic heterocycles. The second kappa shape index (κ2) is 8.78. The fraction of sp³-hybridized carbons (Fsp3) is 0.150. The number of amides is 2. The zero-order valence-corrected chi connectivity index (χ0v) is 16.1. The van der Waals surface area contributed by atoms with Crippen LogP contribution in [0.15, 0.2) is 47.4 Å². The summed E-state index contributed by atoms with van der Waals surface area (Å²) in [5.74, 6) is -1.89. The molecule has 0 radical (unpaired) electrons. The number of carboxylic acid groups (broad SMARTS) is 1. The van der Waals surface area contributed by atoms with E-state index in [4.69, 9.17) is 14.6 Å². The molecule has 0 spiro atoms. The minimum atomic E-state index is -1.13. The van der Waals surface area contributed by atoms with Gasteiger partial charge in [0.1, 0.15) is 5.82 Å². The first kappa shape index (κ1) is 20.4. The van der Waals surface area contributed by atoms with E-state index in [9.17, 15) is 18.8 Å². The molecular formula is C20H16FNO6S. The highest BCUT2D eigenvalue weighted by atomic mass is 32.2. The number of rotatable bonds is 7. The topological polar surface area (TPSA) is 93.1 Å². The van der Waals surface area contributed by atoms with Crippen LogP contribution < -0.4 is 14.4 Å². The van der Waals surface area contributed by atoms with Crippen molar-refractivity contribution >= 4 is 40.6 Å². The molecular weight excluding hydrogens is 401 g/mol. The maximum Gasteiger partial charge on any atom is 0.341 e. The van der Waals surface area contributed by atoms with Gasteiger partial charge in [0.25, 0.3) is 11.1 Å². The third-order valence-corrected chi connectivity index (χ3v) is 4.67. The Hall–Kier alpha value is -3.33. The standard InChI is InChI=1S/C20H16FNO6S/c1-2-27-16-9-12(7-8-15(16)28-11-18(23)24)10-17-19(25)22(20(26)29-17)14-6-4-3-5-13(14)21/h3-10H,2,11H2,1H3,(H,23,24)/b17-10+. The number of nitrogens with zero attached hydrogens (tertiary/aromatic N) is 1. The average molecular weight is 417 g/mol. The zero-order valence-electron chi connectivity index (χ0n) is 15.3. The van der Waals surface area contributed by atoms with Gasteiger partial charge in [-0.25, -0.2) is 14.1 Å². The van der Waals surface area contributed by atoms with Crippen molar-refractivity contribution in [3.05, 3.63) is 58.8 Å². The molecule has 0 unspecified atom stereocenters. The Labute approximate surface area is 169 Å². The lowest BCUT2D eigenvalue weighted by Gasteiger charge is -2.13. The fourth-order valence-electron chi connectivity index (χ4n) is 2.60. The lowest BCUT2D eigenvalue weighted by molar-refractivity contribution is -0.139. The predicted molar refractivity (Wildman–Crippen MR) is 106 cm³/mol. The van der Waals surface area contributed by atoms with E-state index >= 15 is 0 Å². The number of carboxylic acids is 1. The van der Waals surface area contributed by atoms with Crippen LogP contribution in [0.1, 0.15) is 12.5 Å². The summed E-state index contributed by atoms with van der Waals surface area (Å²) in [4.78, 5) is 36.5. The van der Waals surface area contributed by atoms with Gasteiger partial charge in [-0.05, 0) is 54.6 Å². The van der Waals surface area contributed by atoms with Gasteiger partial charge in [-0.1, -0.05) is 18.2 Å². The number of carbonyl (C=O) groups excluding carboxylic acids is 2. The third kappa shape index (κ3) is 4.57. The van der Waals surface area contributed by atoms with Crippen LogP contribution in [0, 0.1) is 5.82 Å². The second-order valence-electron chi connectivity index (χ2n) is 5.79. The molecule has 1 fully saturated rings. The molecule has 150 valence electrons. The van der Waals surface area contributed by atoms with Crippen LogP contribution in [0.2, 0.25) is 0 Å². The van der Waals surface area contributed by atoms with Gasteiger partial charge in [-0.2, -0.15) is 0 Å². The molecule has 0 aliphatic carbocycles. The Morgan fingerprint density at radius 3 is 2.62 bits per heavy atom. The van der Waals surface area contributed by atoms with Crippen LogP contribution in [-0.2, 0) is 9.59 Å². The lowest BCUT2D eigenvalue weighted by Crippen LogP contribution is -2.28. The number of anilines is 1. The van der Waals surface area contributed by atoms with Crippen molar-refractivity contribution in [2.75, 3.05) is 18.1 Å². The molecule has 2 aromatic carbocycles.